The van der Waals surface area contributed by atoms with Crippen LogP contribution in [0.3, 0.4) is 0 Å². The van der Waals surface area contributed by atoms with E-state index in [1.807, 2.05) is 6.92 Å². The normalized spacial score (nSPS) is 12.2. The number of ether oxygens (including phenoxy) is 1. The van der Waals surface area contributed by atoms with E-state index in [4.69, 9.17) is 4.74 Å². The Morgan fingerprint density at radius 1 is 1.05 bits per heavy atom. The van der Waals surface area contributed by atoms with E-state index in [0.29, 0.717) is 12.3 Å². The van der Waals surface area contributed by atoms with Crippen molar-refractivity contribution in [2.24, 2.45) is 0 Å². The molecule has 0 saturated heterocycles. The van der Waals surface area contributed by atoms with E-state index in [-0.39, 0.29) is 17.7 Å². The van der Waals surface area contributed by atoms with Gasteiger partial charge < -0.3 is 10.1 Å². The average molecular weight is 277 g/mol. The molecule has 0 spiro atoms. The predicted molar refractivity (Wildman–Crippen MR) is 74.6 cm³/mol. The number of nitrogens with one attached hydrogen (secondary N) is 1. The molecule has 0 aliphatic carbocycles. The van der Waals surface area contributed by atoms with Crippen LogP contribution in [0.15, 0.2) is 42.5 Å². The number of methoxy groups -OCH3 is 1. The lowest BCUT2D eigenvalue weighted by molar-refractivity contribution is 0.399. The SMILES string of the molecule is COc1ccc(F)cc1C(C)NCc1ccc(F)cc1. The van der Waals surface area contributed by atoms with E-state index >= 15 is 0 Å². The number of benzene rings is 2. The highest BCUT2D eigenvalue weighted by atomic mass is 19.1. The van der Waals surface area contributed by atoms with E-state index < -0.39 is 0 Å². The molecule has 0 aliphatic heterocycles. The molecule has 0 amide bonds. The minimum Gasteiger partial charge on any atom is -0.496 e. The van der Waals surface area contributed by atoms with Gasteiger partial charge in [0.1, 0.15) is 17.4 Å². The minimum absolute atomic E-state index is 0.0781. The molecule has 1 N–H and O–H groups in total. The molecule has 20 heavy (non-hydrogen) atoms. The predicted octanol–water partition coefficient (Wildman–Crippen LogP) is 3.82. The van der Waals surface area contributed by atoms with Crippen molar-refractivity contribution >= 4 is 0 Å². The van der Waals surface area contributed by atoms with Crippen LogP contribution in [-0.4, -0.2) is 7.11 Å². The van der Waals surface area contributed by atoms with Crippen molar-refractivity contribution in [3.63, 3.8) is 0 Å². The first-order chi connectivity index (χ1) is 9.60. The molecule has 2 aromatic rings. The lowest BCUT2D eigenvalue weighted by Gasteiger charge is -2.17. The summed E-state index contributed by atoms with van der Waals surface area (Å²) in [5.74, 6) is 0.0929. The molecule has 4 heteroatoms. The van der Waals surface area contributed by atoms with Crippen LogP contribution in [0.25, 0.3) is 0 Å². The van der Waals surface area contributed by atoms with E-state index in [1.54, 1.807) is 25.3 Å². The van der Waals surface area contributed by atoms with E-state index in [0.717, 1.165) is 11.1 Å². The molecule has 2 nitrogen and oxygen atoms in total. The highest BCUT2D eigenvalue weighted by molar-refractivity contribution is 5.36. The Hall–Kier alpha value is -1.94. The molecule has 2 rings (SSSR count). The van der Waals surface area contributed by atoms with E-state index in [1.165, 1.54) is 24.3 Å². The first kappa shape index (κ1) is 14.5. The molecule has 1 unspecified atom stereocenters. The summed E-state index contributed by atoms with van der Waals surface area (Å²) in [7, 11) is 1.56. The number of halogens is 2. The third-order valence-corrected chi connectivity index (χ3v) is 3.18. The van der Waals surface area contributed by atoms with Crippen molar-refractivity contribution in [2.75, 3.05) is 7.11 Å². The summed E-state index contributed by atoms with van der Waals surface area (Å²) >= 11 is 0. The van der Waals surface area contributed by atoms with Gasteiger partial charge in [-0.15, -0.1) is 0 Å². The quantitative estimate of drug-likeness (QED) is 0.897. The molecule has 0 heterocycles. The summed E-state index contributed by atoms with van der Waals surface area (Å²) in [5.41, 5.74) is 1.73. The van der Waals surface area contributed by atoms with Gasteiger partial charge >= 0.3 is 0 Å². The zero-order valence-electron chi connectivity index (χ0n) is 11.5. The third kappa shape index (κ3) is 3.54. The van der Waals surface area contributed by atoms with Crippen LogP contribution < -0.4 is 10.1 Å². The van der Waals surface area contributed by atoms with Crippen LogP contribution in [0.4, 0.5) is 8.78 Å². The second-order valence-corrected chi connectivity index (χ2v) is 4.62. The number of hydrogen-bond acceptors (Lipinski definition) is 2. The van der Waals surface area contributed by atoms with Gasteiger partial charge in [0.2, 0.25) is 0 Å². The second kappa shape index (κ2) is 6.48. The van der Waals surface area contributed by atoms with Gasteiger partial charge in [-0.3, -0.25) is 0 Å². The molecule has 0 aromatic heterocycles. The summed E-state index contributed by atoms with van der Waals surface area (Å²) in [4.78, 5) is 0. The zero-order valence-corrected chi connectivity index (χ0v) is 11.5. The molecule has 0 radical (unpaired) electrons. The molecular weight excluding hydrogens is 260 g/mol. The Bertz CT molecular complexity index is 569. The maximum atomic E-state index is 13.3. The zero-order chi connectivity index (χ0) is 14.5. The summed E-state index contributed by atoms with van der Waals surface area (Å²) < 4.78 is 31.4. The smallest absolute Gasteiger partial charge is 0.123 e. The second-order valence-electron chi connectivity index (χ2n) is 4.62. The van der Waals surface area contributed by atoms with Gasteiger partial charge in [0.15, 0.2) is 0 Å². The highest BCUT2D eigenvalue weighted by Crippen LogP contribution is 2.26. The Morgan fingerprint density at radius 2 is 1.70 bits per heavy atom. The monoisotopic (exact) mass is 277 g/mol. The number of hydrogen-bond donors (Lipinski definition) is 1. The highest BCUT2D eigenvalue weighted by Gasteiger charge is 2.12. The van der Waals surface area contributed by atoms with Gasteiger partial charge in [0, 0.05) is 18.2 Å². The van der Waals surface area contributed by atoms with Crippen molar-refractivity contribution in [1.29, 1.82) is 0 Å². The average Bonchev–Trinajstić information content (AvgIpc) is 2.46. The number of rotatable bonds is 5. The maximum absolute atomic E-state index is 13.3. The molecule has 0 fully saturated rings. The summed E-state index contributed by atoms with van der Waals surface area (Å²) in [6.45, 7) is 2.50. The van der Waals surface area contributed by atoms with Gasteiger partial charge in [-0.2, -0.15) is 0 Å². The van der Waals surface area contributed by atoms with Gasteiger partial charge in [0.25, 0.3) is 0 Å². The fourth-order valence-corrected chi connectivity index (χ4v) is 2.03. The Morgan fingerprint density at radius 3 is 2.35 bits per heavy atom. The fraction of sp³-hybridized carbons (Fsp3) is 0.250. The van der Waals surface area contributed by atoms with Crippen LogP contribution in [-0.2, 0) is 6.54 Å². The van der Waals surface area contributed by atoms with E-state index in [2.05, 4.69) is 5.32 Å². The van der Waals surface area contributed by atoms with Crippen molar-refractivity contribution in [3.05, 3.63) is 65.2 Å². The van der Waals surface area contributed by atoms with Gasteiger partial charge in [-0.25, -0.2) is 8.78 Å². The van der Waals surface area contributed by atoms with Crippen molar-refractivity contribution in [1.82, 2.24) is 5.32 Å². The molecule has 106 valence electrons. The maximum Gasteiger partial charge on any atom is 0.123 e. The minimum atomic E-state index is -0.295. The summed E-state index contributed by atoms with van der Waals surface area (Å²) in [5, 5.41) is 3.27. The summed E-state index contributed by atoms with van der Waals surface area (Å²) in [6.07, 6.45) is 0. The Labute approximate surface area is 117 Å². The topological polar surface area (TPSA) is 21.3 Å². The Balaban J connectivity index is 2.06. The first-order valence-corrected chi connectivity index (χ1v) is 6.41. The van der Waals surface area contributed by atoms with Gasteiger partial charge in [0.05, 0.1) is 7.11 Å². The standard InChI is InChI=1S/C16H17F2NO/c1-11(15-9-14(18)7-8-16(15)20-2)19-10-12-3-5-13(17)6-4-12/h3-9,11,19H,10H2,1-2H3. The van der Waals surface area contributed by atoms with Crippen molar-refractivity contribution in [2.45, 2.75) is 19.5 Å². The first-order valence-electron chi connectivity index (χ1n) is 6.41. The van der Waals surface area contributed by atoms with Crippen LogP contribution in [0.1, 0.15) is 24.1 Å². The van der Waals surface area contributed by atoms with Crippen LogP contribution in [0.2, 0.25) is 0 Å². The molecule has 1 atom stereocenters. The lowest BCUT2D eigenvalue weighted by atomic mass is 10.1. The third-order valence-electron chi connectivity index (χ3n) is 3.18. The van der Waals surface area contributed by atoms with Crippen LogP contribution in [0, 0.1) is 11.6 Å². The van der Waals surface area contributed by atoms with Crippen LogP contribution >= 0.6 is 0 Å². The largest absolute Gasteiger partial charge is 0.496 e. The summed E-state index contributed by atoms with van der Waals surface area (Å²) in [6, 6.07) is 10.6. The van der Waals surface area contributed by atoms with Gasteiger partial charge in [-0.1, -0.05) is 12.1 Å². The van der Waals surface area contributed by atoms with E-state index in [9.17, 15) is 8.78 Å². The molecule has 0 aliphatic rings. The fourth-order valence-electron chi connectivity index (χ4n) is 2.03. The van der Waals surface area contributed by atoms with Crippen molar-refractivity contribution in [3.8, 4) is 5.75 Å². The Kier molecular flexibility index (Phi) is 4.69. The molecule has 0 saturated carbocycles. The molecular formula is C16H17F2NO. The van der Waals surface area contributed by atoms with Crippen LogP contribution in [0.5, 0.6) is 5.75 Å². The lowest BCUT2D eigenvalue weighted by Crippen LogP contribution is -2.18. The molecule has 0 bridgehead atoms. The van der Waals surface area contributed by atoms with Gasteiger partial charge in [-0.05, 0) is 42.8 Å². The van der Waals surface area contributed by atoms with Crippen molar-refractivity contribution < 1.29 is 13.5 Å². The molecule has 2 aromatic carbocycles.